The van der Waals surface area contributed by atoms with Crippen molar-refractivity contribution in [2.75, 3.05) is 0 Å². The molecule has 26 heavy (non-hydrogen) atoms. The SMILES string of the molecule is CC(=O)Oc1c(Br)cc(Br)cc1/C=C1\N=C(c2ccccc2Cl)OC1=O. The Balaban J connectivity index is 2.06. The van der Waals surface area contributed by atoms with Gasteiger partial charge in [-0.15, -0.1) is 0 Å². The summed E-state index contributed by atoms with van der Waals surface area (Å²) in [5.41, 5.74) is 1.07. The van der Waals surface area contributed by atoms with Crippen molar-refractivity contribution in [2.24, 2.45) is 4.99 Å². The molecule has 3 rings (SSSR count). The van der Waals surface area contributed by atoms with E-state index < -0.39 is 11.9 Å². The largest absolute Gasteiger partial charge is 0.425 e. The second-order valence-electron chi connectivity index (χ2n) is 5.22. The number of hydrogen-bond acceptors (Lipinski definition) is 5. The number of benzene rings is 2. The molecule has 2 aromatic carbocycles. The van der Waals surface area contributed by atoms with Crippen LogP contribution < -0.4 is 4.74 Å². The van der Waals surface area contributed by atoms with E-state index in [4.69, 9.17) is 21.1 Å². The smallest absolute Gasteiger partial charge is 0.363 e. The maximum atomic E-state index is 12.2. The van der Waals surface area contributed by atoms with Crippen LogP contribution in [-0.2, 0) is 14.3 Å². The van der Waals surface area contributed by atoms with Crippen LogP contribution >= 0.6 is 43.5 Å². The van der Waals surface area contributed by atoms with Gasteiger partial charge in [0.2, 0.25) is 5.90 Å². The molecule has 0 fully saturated rings. The molecule has 0 saturated heterocycles. The Morgan fingerprint density at radius 1 is 1.27 bits per heavy atom. The number of carbonyl (C=O) groups excluding carboxylic acids is 2. The number of rotatable bonds is 3. The molecule has 0 radical (unpaired) electrons. The highest BCUT2D eigenvalue weighted by Gasteiger charge is 2.26. The summed E-state index contributed by atoms with van der Waals surface area (Å²) in [5.74, 6) is -0.705. The first-order valence-electron chi connectivity index (χ1n) is 7.30. The summed E-state index contributed by atoms with van der Waals surface area (Å²) in [5, 5.41) is 0.422. The minimum absolute atomic E-state index is 0.0679. The average Bonchev–Trinajstić information content (AvgIpc) is 2.91. The van der Waals surface area contributed by atoms with Crippen molar-refractivity contribution in [3.63, 3.8) is 0 Å². The molecule has 0 bridgehead atoms. The van der Waals surface area contributed by atoms with Gasteiger partial charge in [0.05, 0.1) is 15.1 Å². The van der Waals surface area contributed by atoms with E-state index in [1.165, 1.54) is 13.0 Å². The molecule has 2 aromatic rings. The van der Waals surface area contributed by atoms with Crippen molar-refractivity contribution < 1.29 is 19.1 Å². The molecular weight excluding hydrogens is 489 g/mol. The van der Waals surface area contributed by atoms with Crippen molar-refractivity contribution in [3.05, 3.63) is 67.2 Å². The van der Waals surface area contributed by atoms with Gasteiger partial charge >= 0.3 is 11.9 Å². The summed E-state index contributed by atoms with van der Waals surface area (Å²) in [7, 11) is 0. The molecule has 1 heterocycles. The second kappa shape index (κ2) is 7.73. The van der Waals surface area contributed by atoms with E-state index in [0.29, 0.717) is 20.6 Å². The van der Waals surface area contributed by atoms with Gasteiger partial charge < -0.3 is 9.47 Å². The van der Waals surface area contributed by atoms with Crippen molar-refractivity contribution in [1.29, 1.82) is 0 Å². The zero-order valence-electron chi connectivity index (χ0n) is 13.3. The van der Waals surface area contributed by atoms with Gasteiger partial charge in [-0.25, -0.2) is 9.79 Å². The molecule has 0 atom stereocenters. The number of aliphatic imine (C=N–C) groups is 1. The van der Waals surface area contributed by atoms with Crippen LogP contribution in [0.4, 0.5) is 0 Å². The maximum absolute atomic E-state index is 12.2. The lowest BCUT2D eigenvalue weighted by molar-refractivity contribution is -0.132. The topological polar surface area (TPSA) is 65.0 Å². The summed E-state index contributed by atoms with van der Waals surface area (Å²) in [6.07, 6.45) is 1.49. The summed E-state index contributed by atoms with van der Waals surface area (Å²) in [6, 6.07) is 10.3. The highest BCUT2D eigenvalue weighted by molar-refractivity contribution is 9.11. The molecular formula is C18H10Br2ClNO4. The number of halogens is 3. The van der Waals surface area contributed by atoms with Crippen LogP contribution in [0.15, 0.2) is 56.0 Å². The molecule has 8 heteroatoms. The number of nitrogens with zero attached hydrogens (tertiary/aromatic N) is 1. The van der Waals surface area contributed by atoms with Gasteiger partial charge in [0.15, 0.2) is 11.4 Å². The third-order valence-electron chi connectivity index (χ3n) is 3.30. The van der Waals surface area contributed by atoms with Crippen molar-refractivity contribution in [3.8, 4) is 5.75 Å². The van der Waals surface area contributed by atoms with E-state index in [-0.39, 0.29) is 17.3 Å². The monoisotopic (exact) mass is 497 g/mol. The summed E-state index contributed by atoms with van der Waals surface area (Å²) in [4.78, 5) is 27.8. The summed E-state index contributed by atoms with van der Waals surface area (Å²) < 4.78 is 11.7. The van der Waals surface area contributed by atoms with Crippen LogP contribution in [0, 0.1) is 0 Å². The highest BCUT2D eigenvalue weighted by Crippen LogP contribution is 2.35. The Morgan fingerprint density at radius 2 is 2.00 bits per heavy atom. The fourth-order valence-electron chi connectivity index (χ4n) is 2.25. The third-order valence-corrected chi connectivity index (χ3v) is 4.68. The molecule has 5 nitrogen and oxygen atoms in total. The Kier molecular flexibility index (Phi) is 5.60. The van der Waals surface area contributed by atoms with Gasteiger partial charge in [-0.2, -0.15) is 0 Å². The molecule has 0 N–H and O–H groups in total. The first-order valence-corrected chi connectivity index (χ1v) is 9.26. The van der Waals surface area contributed by atoms with Crippen molar-refractivity contribution in [1.82, 2.24) is 0 Å². The lowest BCUT2D eigenvalue weighted by Crippen LogP contribution is -2.06. The Bertz CT molecular complexity index is 985. The van der Waals surface area contributed by atoms with E-state index >= 15 is 0 Å². The molecule has 132 valence electrons. The fourth-order valence-corrected chi connectivity index (χ4v) is 3.80. The maximum Gasteiger partial charge on any atom is 0.363 e. The minimum Gasteiger partial charge on any atom is -0.425 e. The molecule has 0 unspecified atom stereocenters. The first-order chi connectivity index (χ1) is 12.3. The molecule has 0 saturated carbocycles. The van der Waals surface area contributed by atoms with E-state index in [9.17, 15) is 9.59 Å². The standard InChI is InChI=1S/C18H10Br2ClNO4/c1-9(23)25-16-10(6-11(19)8-13(16)20)7-15-18(24)26-17(22-15)12-4-2-3-5-14(12)21/h2-8H,1H3/b15-7-. The van der Waals surface area contributed by atoms with Gasteiger partial charge in [-0.1, -0.05) is 39.7 Å². The van der Waals surface area contributed by atoms with Crippen LogP contribution in [0.5, 0.6) is 5.75 Å². The second-order valence-corrected chi connectivity index (χ2v) is 7.39. The van der Waals surface area contributed by atoms with Gasteiger partial charge in [-0.3, -0.25) is 4.79 Å². The third kappa shape index (κ3) is 4.06. The van der Waals surface area contributed by atoms with E-state index in [0.717, 1.165) is 4.47 Å². The molecule has 1 aliphatic heterocycles. The van der Waals surface area contributed by atoms with E-state index in [1.807, 2.05) is 0 Å². The van der Waals surface area contributed by atoms with Crippen molar-refractivity contribution >= 4 is 67.4 Å². The van der Waals surface area contributed by atoms with Gasteiger partial charge in [0, 0.05) is 17.0 Å². The van der Waals surface area contributed by atoms with Crippen molar-refractivity contribution in [2.45, 2.75) is 6.92 Å². The molecule has 0 aromatic heterocycles. The van der Waals surface area contributed by atoms with Crippen LogP contribution in [0.25, 0.3) is 6.08 Å². The van der Waals surface area contributed by atoms with Gasteiger partial charge in [0.25, 0.3) is 0 Å². The number of ether oxygens (including phenoxy) is 2. The number of esters is 2. The Labute approximate surface area is 170 Å². The van der Waals surface area contributed by atoms with Crippen LogP contribution in [0.2, 0.25) is 5.02 Å². The predicted octanol–water partition coefficient (Wildman–Crippen LogP) is 5.13. The first kappa shape index (κ1) is 18.8. The molecule has 0 spiro atoms. The number of cyclic esters (lactones) is 1. The molecule has 0 aliphatic carbocycles. The summed E-state index contributed by atoms with van der Waals surface area (Å²) >= 11 is 12.8. The minimum atomic E-state index is -0.621. The fraction of sp³-hybridized carbons (Fsp3) is 0.0556. The quantitative estimate of drug-likeness (QED) is 0.334. The van der Waals surface area contributed by atoms with Crippen LogP contribution in [-0.4, -0.2) is 17.8 Å². The van der Waals surface area contributed by atoms with Crippen LogP contribution in [0.1, 0.15) is 18.1 Å². The summed E-state index contributed by atoms with van der Waals surface area (Å²) in [6.45, 7) is 1.29. The Hall–Kier alpha value is -1.96. The van der Waals surface area contributed by atoms with E-state index in [1.54, 1.807) is 36.4 Å². The van der Waals surface area contributed by atoms with E-state index in [2.05, 4.69) is 36.9 Å². The molecule has 0 amide bonds. The average molecular weight is 500 g/mol. The van der Waals surface area contributed by atoms with Crippen LogP contribution in [0.3, 0.4) is 0 Å². The molecule has 1 aliphatic rings. The normalized spacial score (nSPS) is 15.0. The van der Waals surface area contributed by atoms with Gasteiger partial charge in [-0.05, 0) is 46.3 Å². The lowest BCUT2D eigenvalue weighted by Gasteiger charge is -2.09. The predicted molar refractivity (Wildman–Crippen MR) is 105 cm³/mol. The number of hydrogen-bond donors (Lipinski definition) is 0. The number of carbonyl (C=O) groups is 2. The highest BCUT2D eigenvalue weighted by atomic mass is 79.9. The zero-order valence-corrected chi connectivity index (χ0v) is 17.2. The Morgan fingerprint density at radius 3 is 2.69 bits per heavy atom. The lowest BCUT2D eigenvalue weighted by atomic mass is 10.1. The van der Waals surface area contributed by atoms with Gasteiger partial charge in [0.1, 0.15) is 0 Å². The zero-order chi connectivity index (χ0) is 18.8.